The van der Waals surface area contributed by atoms with E-state index in [2.05, 4.69) is 41.9 Å². The molecular formula is C16H22N2S. The smallest absolute Gasteiger partial charge is 0.0932 e. The van der Waals surface area contributed by atoms with Crippen LogP contribution in [0.3, 0.4) is 0 Å². The maximum Gasteiger partial charge on any atom is 0.0932 e. The summed E-state index contributed by atoms with van der Waals surface area (Å²) in [6.07, 6.45) is 4.73. The summed E-state index contributed by atoms with van der Waals surface area (Å²) in [6, 6.07) is 11.0. The highest BCUT2D eigenvalue weighted by Gasteiger charge is 2.06. The Labute approximate surface area is 119 Å². The maximum atomic E-state index is 4.73. The van der Waals surface area contributed by atoms with E-state index in [9.17, 15) is 0 Å². The lowest BCUT2D eigenvalue weighted by Gasteiger charge is -2.12. The largest absolute Gasteiger partial charge is 0.317 e. The van der Waals surface area contributed by atoms with Gasteiger partial charge >= 0.3 is 0 Å². The second-order valence-electron chi connectivity index (χ2n) is 4.78. The van der Waals surface area contributed by atoms with Crippen LogP contribution in [0.25, 0.3) is 11.3 Å². The molecule has 3 heteroatoms. The third-order valence-electron chi connectivity index (χ3n) is 3.47. The van der Waals surface area contributed by atoms with E-state index in [0.717, 1.165) is 12.1 Å². The van der Waals surface area contributed by atoms with Crippen LogP contribution < -0.4 is 5.32 Å². The molecule has 1 aromatic carbocycles. The Morgan fingerprint density at radius 2 is 2.05 bits per heavy atom. The van der Waals surface area contributed by atoms with E-state index >= 15 is 0 Å². The monoisotopic (exact) mass is 274 g/mol. The van der Waals surface area contributed by atoms with Crippen LogP contribution >= 0.6 is 11.3 Å². The van der Waals surface area contributed by atoms with Crippen molar-refractivity contribution in [1.82, 2.24) is 10.3 Å². The van der Waals surface area contributed by atoms with Crippen LogP contribution in [0.2, 0.25) is 0 Å². The Hall–Kier alpha value is -1.19. The average molecular weight is 274 g/mol. The minimum Gasteiger partial charge on any atom is -0.317 e. The van der Waals surface area contributed by atoms with Crippen molar-refractivity contribution in [3.8, 4) is 11.3 Å². The van der Waals surface area contributed by atoms with Crippen LogP contribution in [0.5, 0.6) is 0 Å². The first-order valence-electron chi connectivity index (χ1n) is 7.00. The van der Waals surface area contributed by atoms with Crippen molar-refractivity contribution in [3.63, 3.8) is 0 Å². The molecule has 1 aromatic heterocycles. The number of nitrogens with zero attached hydrogens (tertiary/aromatic N) is 1. The SMILES string of the molecule is CCC(CCCc1nc(-c2ccccc2)cs1)NC. The van der Waals surface area contributed by atoms with Gasteiger partial charge in [-0.1, -0.05) is 37.3 Å². The lowest BCUT2D eigenvalue weighted by molar-refractivity contribution is 0.491. The van der Waals surface area contributed by atoms with Crippen LogP contribution in [0.1, 0.15) is 31.2 Å². The van der Waals surface area contributed by atoms with Crippen molar-refractivity contribution in [2.24, 2.45) is 0 Å². The molecule has 2 rings (SSSR count). The molecule has 1 heterocycles. The Balaban J connectivity index is 1.88. The third kappa shape index (κ3) is 4.15. The molecule has 102 valence electrons. The first-order valence-corrected chi connectivity index (χ1v) is 7.88. The maximum absolute atomic E-state index is 4.73. The van der Waals surface area contributed by atoms with Crippen LogP contribution in [-0.2, 0) is 6.42 Å². The molecule has 2 aromatic rings. The molecule has 0 saturated carbocycles. The summed E-state index contributed by atoms with van der Waals surface area (Å²) in [5.41, 5.74) is 2.33. The Kier molecular flexibility index (Phi) is 5.55. The predicted molar refractivity (Wildman–Crippen MR) is 83.6 cm³/mol. The fourth-order valence-corrected chi connectivity index (χ4v) is 3.07. The summed E-state index contributed by atoms with van der Waals surface area (Å²) in [7, 11) is 2.05. The lowest BCUT2D eigenvalue weighted by atomic mass is 10.1. The van der Waals surface area contributed by atoms with Gasteiger partial charge in [-0.2, -0.15) is 0 Å². The molecule has 1 unspecified atom stereocenters. The zero-order valence-electron chi connectivity index (χ0n) is 11.7. The van der Waals surface area contributed by atoms with Crippen molar-refractivity contribution in [3.05, 3.63) is 40.7 Å². The van der Waals surface area contributed by atoms with Gasteiger partial charge < -0.3 is 5.32 Å². The summed E-state index contributed by atoms with van der Waals surface area (Å²) in [6.45, 7) is 2.23. The molecule has 1 N–H and O–H groups in total. The number of nitrogens with one attached hydrogen (secondary N) is 1. The quantitative estimate of drug-likeness (QED) is 0.821. The predicted octanol–water partition coefficient (Wildman–Crippen LogP) is 4.13. The summed E-state index contributed by atoms with van der Waals surface area (Å²) >= 11 is 1.78. The first kappa shape index (κ1) is 14.2. The summed E-state index contributed by atoms with van der Waals surface area (Å²) < 4.78 is 0. The number of hydrogen-bond acceptors (Lipinski definition) is 3. The van der Waals surface area contributed by atoms with E-state index in [4.69, 9.17) is 4.98 Å². The second-order valence-corrected chi connectivity index (χ2v) is 5.72. The highest BCUT2D eigenvalue weighted by molar-refractivity contribution is 7.09. The number of aryl methyl sites for hydroxylation is 1. The van der Waals surface area contributed by atoms with Gasteiger partial charge in [0.25, 0.3) is 0 Å². The number of aromatic nitrogens is 1. The molecule has 0 saturated heterocycles. The number of benzene rings is 1. The van der Waals surface area contributed by atoms with Crippen molar-refractivity contribution in [1.29, 1.82) is 0 Å². The summed E-state index contributed by atoms with van der Waals surface area (Å²) in [5.74, 6) is 0. The van der Waals surface area contributed by atoms with Crippen LogP contribution in [0.15, 0.2) is 35.7 Å². The standard InChI is InChI=1S/C16H22N2S/c1-3-14(17-2)10-7-11-16-18-15(12-19-16)13-8-5-4-6-9-13/h4-6,8-9,12,14,17H,3,7,10-11H2,1-2H3. The van der Waals surface area contributed by atoms with Gasteiger partial charge in [0.1, 0.15) is 0 Å². The topological polar surface area (TPSA) is 24.9 Å². The van der Waals surface area contributed by atoms with Crippen LogP contribution in [0.4, 0.5) is 0 Å². The molecule has 0 bridgehead atoms. The van der Waals surface area contributed by atoms with E-state index in [-0.39, 0.29) is 0 Å². The van der Waals surface area contributed by atoms with Gasteiger partial charge in [0.15, 0.2) is 0 Å². The Bertz CT molecular complexity index is 475. The van der Waals surface area contributed by atoms with Crippen molar-refractivity contribution in [2.45, 2.75) is 38.6 Å². The van der Waals surface area contributed by atoms with Gasteiger partial charge in [-0.15, -0.1) is 11.3 Å². The number of hydrogen-bond donors (Lipinski definition) is 1. The van der Waals surface area contributed by atoms with Crippen molar-refractivity contribution < 1.29 is 0 Å². The van der Waals surface area contributed by atoms with Gasteiger partial charge in [-0.3, -0.25) is 0 Å². The molecule has 0 amide bonds. The molecule has 0 radical (unpaired) electrons. The van der Waals surface area contributed by atoms with E-state index in [1.807, 2.05) is 13.1 Å². The summed E-state index contributed by atoms with van der Waals surface area (Å²) in [5, 5.41) is 6.77. The average Bonchev–Trinajstić information content (AvgIpc) is 2.93. The molecule has 0 fully saturated rings. The van der Waals surface area contributed by atoms with E-state index in [1.165, 1.54) is 29.8 Å². The second kappa shape index (κ2) is 7.41. The molecule has 0 aliphatic rings. The Morgan fingerprint density at radius 3 is 2.74 bits per heavy atom. The molecular weight excluding hydrogens is 252 g/mol. The third-order valence-corrected chi connectivity index (χ3v) is 4.37. The lowest BCUT2D eigenvalue weighted by Crippen LogP contribution is -2.23. The number of rotatable bonds is 7. The fraction of sp³-hybridized carbons (Fsp3) is 0.438. The van der Waals surface area contributed by atoms with Gasteiger partial charge in [0, 0.05) is 17.0 Å². The zero-order valence-corrected chi connectivity index (χ0v) is 12.5. The van der Waals surface area contributed by atoms with E-state index in [0.29, 0.717) is 6.04 Å². The molecule has 19 heavy (non-hydrogen) atoms. The molecule has 1 atom stereocenters. The Morgan fingerprint density at radius 1 is 1.26 bits per heavy atom. The minimum atomic E-state index is 0.647. The van der Waals surface area contributed by atoms with E-state index < -0.39 is 0 Å². The van der Waals surface area contributed by atoms with Gasteiger partial charge in [-0.25, -0.2) is 4.98 Å². The van der Waals surface area contributed by atoms with Gasteiger partial charge in [-0.05, 0) is 32.7 Å². The van der Waals surface area contributed by atoms with Crippen molar-refractivity contribution in [2.75, 3.05) is 7.05 Å². The van der Waals surface area contributed by atoms with Crippen molar-refractivity contribution >= 4 is 11.3 Å². The van der Waals surface area contributed by atoms with Crippen LogP contribution in [0, 0.1) is 0 Å². The number of thiazole rings is 1. The van der Waals surface area contributed by atoms with E-state index in [1.54, 1.807) is 11.3 Å². The highest BCUT2D eigenvalue weighted by atomic mass is 32.1. The molecule has 0 aliphatic heterocycles. The first-order chi connectivity index (χ1) is 9.33. The molecule has 0 spiro atoms. The fourth-order valence-electron chi connectivity index (χ4n) is 2.22. The highest BCUT2D eigenvalue weighted by Crippen LogP contribution is 2.22. The zero-order chi connectivity index (χ0) is 13.5. The van der Waals surface area contributed by atoms with Crippen LogP contribution in [-0.4, -0.2) is 18.1 Å². The van der Waals surface area contributed by atoms with Gasteiger partial charge in [0.2, 0.25) is 0 Å². The normalized spacial score (nSPS) is 12.5. The van der Waals surface area contributed by atoms with Gasteiger partial charge in [0.05, 0.1) is 10.7 Å². The minimum absolute atomic E-state index is 0.647. The molecule has 2 nitrogen and oxygen atoms in total. The summed E-state index contributed by atoms with van der Waals surface area (Å²) in [4.78, 5) is 4.73. The molecule has 0 aliphatic carbocycles.